The predicted octanol–water partition coefficient (Wildman–Crippen LogP) is 0.566. The molecule has 0 spiro atoms. The molecule has 4 N–H and O–H groups in total. The topological polar surface area (TPSA) is 83.5 Å². The molecule has 2 atom stereocenters. The molecule has 17 heavy (non-hydrogen) atoms. The Morgan fingerprint density at radius 3 is 2.65 bits per heavy atom. The van der Waals surface area contributed by atoms with E-state index in [1.165, 1.54) is 5.56 Å². The number of nitrogens with two attached hydrogens (primary N) is 1. The molecule has 0 fully saturated rings. The van der Waals surface area contributed by atoms with Crippen molar-refractivity contribution in [2.24, 2.45) is 11.1 Å². The van der Waals surface area contributed by atoms with Crippen LogP contribution in [0.1, 0.15) is 17.5 Å². The van der Waals surface area contributed by atoms with Crippen LogP contribution >= 0.6 is 0 Å². The van der Waals surface area contributed by atoms with E-state index in [1.54, 1.807) is 0 Å². The second-order valence-electron chi connectivity index (χ2n) is 4.75. The van der Waals surface area contributed by atoms with E-state index in [9.17, 15) is 9.90 Å². The number of aliphatic hydroxyl groups excluding tert-OH is 1. The van der Waals surface area contributed by atoms with E-state index in [0.717, 1.165) is 12.0 Å². The zero-order valence-electron chi connectivity index (χ0n) is 9.60. The highest BCUT2D eigenvalue weighted by molar-refractivity contribution is 5.73. The van der Waals surface area contributed by atoms with Crippen LogP contribution in [0.4, 0.5) is 0 Å². The Bertz CT molecular complexity index is 432. The first-order valence-corrected chi connectivity index (χ1v) is 5.77. The first kappa shape index (κ1) is 12.1. The summed E-state index contributed by atoms with van der Waals surface area (Å²) in [5, 5.41) is 18.8. The third-order valence-electron chi connectivity index (χ3n) is 3.77. The van der Waals surface area contributed by atoms with E-state index in [2.05, 4.69) is 0 Å². The van der Waals surface area contributed by atoms with Gasteiger partial charge in [0.25, 0.3) is 0 Å². The summed E-state index contributed by atoms with van der Waals surface area (Å²) in [6.07, 6.45) is 0.541. The maximum Gasteiger partial charge on any atom is 0.333 e. The molecular weight excluding hydrogens is 218 g/mol. The molecule has 1 aliphatic rings. The van der Waals surface area contributed by atoms with Crippen LogP contribution < -0.4 is 5.73 Å². The van der Waals surface area contributed by atoms with Gasteiger partial charge in [-0.05, 0) is 30.4 Å². The zero-order chi connectivity index (χ0) is 12.5. The molecule has 4 heteroatoms. The van der Waals surface area contributed by atoms with Gasteiger partial charge in [0.1, 0.15) is 0 Å². The van der Waals surface area contributed by atoms with Crippen LogP contribution in [0, 0.1) is 5.41 Å². The SMILES string of the molecule is NCC1(C(O)C(=O)O)CCc2ccccc2C1. The second kappa shape index (κ2) is 4.47. The van der Waals surface area contributed by atoms with Gasteiger partial charge in [-0.3, -0.25) is 0 Å². The van der Waals surface area contributed by atoms with Crippen molar-refractivity contribution in [2.75, 3.05) is 6.54 Å². The van der Waals surface area contributed by atoms with Crippen LogP contribution in [0.2, 0.25) is 0 Å². The number of benzene rings is 1. The molecule has 0 aliphatic heterocycles. The van der Waals surface area contributed by atoms with Crippen LogP contribution in [0.15, 0.2) is 24.3 Å². The number of fused-ring (bicyclic) bond motifs is 1. The summed E-state index contributed by atoms with van der Waals surface area (Å²) in [6.45, 7) is 0.189. The molecule has 0 radical (unpaired) electrons. The minimum atomic E-state index is -1.39. The Balaban J connectivity index is 2.32. The van der Waals surface area contributed by atoms with Crippen LogP contribution in [0.3, 0.4) is 0 Å². The minimum Gasteiger partial charge on any atom is -0.479 e. The molecule has 1 aliphatic carbocycles. The molecule has 1 aromatic carbocycles. The Kier molecular flexibility index (Phi) is 3.17. The molecule has 0 bridgehead atoms. The molecule has 0 aromatic heterocycles. The van der Waals surface area contributed by atoms with Crippen LogP contribution in [-0.4, -0.2) is 28.8 Å². The van der Waals surface area contributed by atoms with Crippen molar-refractivity contribution in [3.05, 3.63) is 35.4 Å². The summed E-state index contributed by atoms with van der Waals surface area (Å²) in [5.41, 5.74) is 7.32. The molecule has 0 amide bonds. The Morgan fingerprint density at radius 1 is 1.41 bits per heavy atom. The van der Waals surface area contributed by atoms with E-state index in [-0.39, 0.29) is 6.54 Å². The van der Waals surface area contributed by atoms with Crippen molar-refractivity contribution in [2.45, 2.75) is 25.4 Å². The standard InChI is InChI=1S/C13H17NO3/c14-8-13(11(15)12(16)17)6-5-9-3-1-2-4-10(9)7-13/h1-4,11,15H,5-8,14H2,(H,16,17). The zero-order valence-corrected chi connectivity index (χ0v) is 9.60. The summed E-state index contributed by atoms with van der Waals surface area (Å²) < 4.78 is 0. The number of aliphatic carboxylic acids is 1. The quantitative estimate of drug-likeness (QED) is 0.715. The van der Waals surface area contributed by atoms with Gasteiger partial charge in [0, 0.05) is 12.0 Å². The maximum atomic E-state index is 11.0. The number of hydrogen-bond acceptors (Lipinski definition) is 3. The second-order valence-corrected chi connectivity index (χ2v) is 4.75. The van der Waals surface area contributed by atoms with Gasteiger partial charge in [0.15, 0.2) is 6.10 Å². The summed E-state index contributed by atoms with van der Waals surface area (Å²) >= 11 is 0. The lowest BCUT2D eigenvalue weighted by atomic mass is 9.68. The highest BCUT2D eigenvalue weighted by atomic mass is 16.4. The number of hydrogen-bond donors (Lipinski definition) is 3. The van der Waals surface area contributed by atoms with Gasteiger partial charge < -0.3 is 15.9 Å². The van der Waals surface area contributed by atoms with Gasteiger partial charge in [0.2, 0.25) is 0 Å². The van der Waals surface area contributed by atoms with Crippen molar-refractivity contribution in [3.8, 4) is 0 Å². The first-order chi connectivity index (χ1) is 8.09. The predicted molar refractivity (Wildman–Crippen MR) is 63.6 cm³/mol. The van der Waals surface area contributed by atoms with Gasteiger partial charge >= 0.3 is 5.97 Å². The van der Waals surface area contributed by atoms with Gasteiger partial charge in [-0.2, -0.15) is 0 Å². The molecular formula is C13H17NO3. The average Bonchev–Trinajstić information content (AvgIpc) is 2.37. The molecule has 0 saturated heterocycles. The number of aliphatic hydroxyl groups is 1. The number of aryl methyl sites for hydroxylation is 1. The van der Waals surface area contributed by atoms with E-state index >= 15 is 0 Å². The van der Waals surface area contributed by atoms with Crippen LogP contribution in [0.25, 0.3) is 0 Å². The largest absolute Gasteiger partial charge is 0.479 e. The van der Waals surface area contributed by atoms with Crippen molar-refractivity contribution >= 4 is 5.97 Å². The third-order valence-corrected chi connectivity index (χ3v) is 3.77. The third kappa shape index (κ3) is 2.06. The number of rotatable bonds is 3. The molecule has 0 heterocycles. The fraction of sp³-hybridized carbons (Fsp3) is 0.462. The number of carbonyl (C=O) groups is 1. The molecule has 1 aromatic rings. The fourth-order valence-corrected chi connectivity index (χ4v) is 2.61. The summed E-state index contributed by atoms with van der Waals surface area (Å²) in [4.78, 5) is 11.0. The van der Waals surface area contributed by atoms with Crippen molar-refractivity contribution in [3.63, 3.8) is 0 Å². The van der Waals surface area contributed by atoms with Gasteiger partial charge in [0.05, 0.1) is 0 Å². The average molecular weight is 235 g/mol. The fourth-order valence-electron chi connectivity index (χ4n) is 2.61. The van der Waals surface area contributed by atoms with Crippen molar-refractivity contribution in [1.29, 1.82) is 0 Å². The Labute approximate surface area is 100 Å². The first-order valence-electron chi connectivity index (χ1n) is 5.77. The Morgan fingerprint density at radius 2 is 2.06 bits per heavy atom. The summed E-state index contributed by atoms with van der Waals surface area (Å²) in [6, 6.07) is 7.93. The Hall–Kier alpha value is -1.39. The van der Waals surface area contributed by atoms with Crippen molar-refractivity contribution in [1.82, 2.24) is 0 Å². The molecule has 2 unspecified atom stereocenters. The van der Waals surface area contributed by atoms with Crippen LogP contribution in [0.5, 0.6) is 0 Å². The van der Waals surface area contributed by atoms with Gasteiger partial charge in [-0.25, -0.2) is 4.79 Å². The molecule has 4 nitrogen and oxygen atoms in total. The summed E-state index contributed by atoms with van der Waals surface area (Å²) in [7, 11) is 0. The molecule has 0 saturated carbocycles. The van der Waals surface area contributed by atoms with E-state index < -0.39 is 17.5 Å². The van der Waals surface area contributed by atoms with E-state index in [0.29, 0.717) is 12.8 Å². The lowest BCUT2D eigenvalue weighted by Crippen LogP contribution is -2.49. The number of carboxylic acid groups (broad SMARTS) is 1. The lowest BCUT2D eigenvalue weighted by molar-refractivity contribution is -0.155. The number of carboxylic acids is 1. The maximum absolute atomic E-state index is 11.0. The molecule has 2 rings (SSSR count). The van der Waals surface area contributed by atoms with Gasteiger partial charge in [-0.15, -0.1) is 0 Å². The van der Waals surface area contributed by atoms with Crippen molar-refractivity contribution < 1.29 is 15.0 Å². The normalized spacial score (nSPS) is 25.1. The summed E-state index contributed by atoms with van der Waals surface area (Å²) in [5.74, 6) is -1.19. The lowest BCUT2D eigenvalue weighted by Gasteiger charge is -2.39. The van der Waals surface area contributed by atoms with E-state index in [1.807, 2.05) is 24.3 Å². The smallest absolute Gasteiger partial charge is 0.333 e. The highest BCUT2D eigenvalue weighted by Gasteiger charge is 2.43. The van der Waals surface area contributed by atoms with Crippen LogP contribution in [-0.2, 0) is 17.6 Å². The minimum absolute atomic E-state index is 0.189. The monoisotopic (exact) mass is 235 g/mol. The van der Waals surface area contributed by atoms with E-state index in [4.69, 9.17) is 10.8 Å². The molecule has 92 valence electrons. The highest BCUT2D eigenvalue weighted by Crippen LogP contribution is 2.37. The van der Waals surface area contributed by atoms with Gasteiger partial charge in [-0.1, -0.05) is 24.3 Å².